The number of likely N-dealkylation sites (tertiary alicyclic amines) is 2. The number of nitrogens with zero attached hydrogens (tertiary/aromatic N) is 2. The number of amides is 1. The number of thiophene rings is 1. The van der Waals surface area contributed by atoms with Gasteiger partial charge in [0.1, 0.15) is 5.82 Å². The van der Waals surface area contributed by atoms with Gasteiger partial charge in [-0.05, 0) is 61.4 Å². The van der Waals surface area contributed by atoms with Gasteiger partial charge >= 0.3 is 0 Å². The van der Waals surface area contributed by atoms with E-state index < -0.39 is 0 Å². The third kappa shape index (κ3) is 3.69. The van der Waals surface area contributed by atoms with Crippen LogP contribution in [0.25, 0.3) is 0 Å². The van der Waals surface area contributed by atoms with E-state index in [1.165, 1.54) is 10.9 Å². The molecule has 2 aliphatic rings. The van der Waals surface area contributed by atoms with Crippen molar-refractivity contribution in [1.82, 2.24) is 9.80 Å². The monoisotopic (exact) mass is 372 g/mol. The van der Waals surface area contributed by atoms with Crippen molar-refractivity contribution in [3.8, 4) is 0 Å². The van der Waals surface area contributed by atoms with E-state index in [2.05, 4.69) is 27.3 Å². The van der Waals surface area contributed by atoms with Crippen LogP contribution in [0.2, 0.25) is 0 Å². The fraction of sp³-hybridized carbons (Fsp3) is 0.476. The Morgan fingerprint density at radius 2 is 2.00 bits per heavy atom. The van der Waals surface area contributed by atoms with Gasteiger partial charge in [-0.25, -0.2) is 4.39 Å². The summed E-state index contributed by atoms with van der Waals surface area (Å²) in [4.78, 5) is 18.6. The molecule has 1 spiro atoms. The molecular formula is C21H25FN2OS. The normalized spacial score (nSPS) is 24.3. The van der Waals surface area contributed by atoms with Gasteiger partial charge in [0.05, 0.1) is 0 Å². The Morgan fingerprint density at radius 3 is 2.81 bits per heavy atom. The molecule has 2 fully saturated rings. The van der Waals surface area contributed by atoms with E-state index in [1.807, 2.05) is 17.4 Å². The molecule has 1 atom stereocenters. The summed E-state index contributed by atoms with van der Waals surface area (Å²) in [6, 6.07) is 11.0. The van der Waals surface area contributed by atoms with Crippen molar-refractivity contribution in [1.29, 1.82) is 0 Å². The van der Waals surface area contributed by atoms with Crippen LogP contribution in [0.15, 0.2) is 41.8 Å². The molecular weight excluding hydrogens is 347 g/mol. The van der Waals surface area contributed by atoms with Crippen molar-refractivity contribution >= 4 is 17.2 Å². The molecule has 1 aromatic carbocycles. The molecule has 2 saturated heterocycles. The van der Waals surface area contributed by atoms with E-state index in [4.69, 9.17) is 0 Å². The van der Waals surface area contributed by atoms with Gasteiger partial charge in [-0.15, -0.1) is 11.3 Å². The van der Waals surface area contributed by atoms with Crippen LogP contribution in [0, 0.1) is 5.82 Å². The van der Waals surface area contributed by atoms with Crippen LogP contribution in [0.5, 0.6) is 0 Å². The second-order valence-corrected chi connectivity index (χ2v) is 8.58. The molecule has 0 radical (unpaired) electrons. The van der Waals surface area contributed by atoms with Gasteiger partial charge < -0.3 is 4.90 Å². The highest BCUT2D eigenvalue weighted by Gasteiger charge is 2.45. The second-order valence-electron chi connectivity index (χ2n) is 7.54. The molecule has 0 unspecified atom stereocenters. The molecule has 1 aromatic heterocycles. The number of rotatable bonds is 4. The smallest absolute Gasteiger partial charge is 0.223 e. The minimum atomic E-state index is -0.230. The lowest BCUT2D eigenvalue weighted by Gasteiger charge is -2.38. The van der Waals surface area contributed by atoms with Crippen LogP contribution >= 0.6 is 11.3 Å². The topological polar surface area (TPSA) is 23.6 Å². The third-order valence-corrected chi connectivity index (χ3v) is 6.74. The zero-order valence-electron chi connectivity index (χ0n) is 15.0. The zero-order chi connectivity index (χ0) is 18.0. The van der Waals surface area contributed by atoms with Crippen LogP contribution in [-0.2, 0) is 17.9 Å². The summed E-state index contributed by atoms with van der Waals surface area (Å²) in [5, 5.41) is 2.13. The van der Waals surface area contributed by atoms with Crippen molar-refractivity contribution < 1.29 is 9.18 Å². The lowest BCUT2D eigenvalue weighted by molar-refractivity contribution is -0.132. The third-order valence-electron chi connectivity index (χ3n) is 5.88. The van der Waals surface area contributed by atoms with E-state index in [1.54, 1.807) is 12.1 Å². The Kier molecular flexibility index (Phi) is 5.09. The average Bonchev–Trinajstić information content (AvgIpc) is 3.17. The molecule has 0 saturated carbocycles. The highest BCUT2D eigenvalue weighted by atomic mass is 32.1. The Morgan fingerprint density at radius 1 is 1.08 bits per heavy atom. The van der Waals surface area contributed by atoms with E-state index in [9.17, 15) is 9.18 Å². The van der Waals surface area contributed by atoms with Crippen molar-refractivity contribution in [2.75, 3.05) is 13.1 Å². The molecule has 2 aromatic rings. The molecule has 0 bridgehead atoms. The number of hydrogen-bond donors (Lipinski definition) is 0. The molecule has 3 nitrogen and oxygen atoms in total. The van der Waals surface area contributed by atoms with Gasteiger partial charge in [-0.1, -0.05) is 18.2 Å². The molecule has 0 aliphatic carbocycles. The SMILES string of the molecule is O=C1CC[C@]2(CCCN(Cc3cccs3)CC2)N1Cc1cccc(F)c1. The van der Waals surface area contributed by atoms with E-state index in [0.29, 0.717) is 13.0 Å². The van der Waals surface area contributed by atoms with E-state index in [-0.39, 0.29) is 17.3 Å². The molecule has 3 heterocycles. The summed E-state index contributed by atoms with van der Waals surface area (Å²) in [6.07, 6.45) is 4.74. The van der Waals surface area contributed by atoms with Gasteiger partial charge in [-0.3, -0.25) is 9.69 Å². The zero-order valence-corrected chi connectivity index (χ0v) is 15.8. The number of carbonyl (C=O) groups is 1. The summed E-state index contributed by atoms with van der Waals surface area (Å²) < 4.78 is 13.6. The first-order chi connectivity index (χ1) is 12.6. The predicted molar refractivity (Wildman–Crippen MR) is 102 cm³/mol. The Bertz CT molecular complexity index is 763. The fourth-order valence-electron chi connectivity index (χ4n) is 4.48. The highest BCUT2D eigenvalue weighted by Crippen LogP contribution is 2.40. The standard InChI is InChI=1S/C21H25FN2OS/c22-18-5-1-4-17(14-18)15-24-20(25)7-9-21(24)8-3-11-23(12-10-21)16-19-6-2-13-26-19/h1-2,4-6,13-14H,3,7-12,15-16H2/t21-/m0/s1. The first-order valence-corrected chi connectivity index (χ1v) is 10.3. The summed E-state index contributed by atoms with van der Waals surface area (Å²) in [5.74, 6) is -0.00727. The number of benzene rings is 1. The Labute approximate surface area is 158 Å². The first-order valence-electron chi connectivity index (χ1n) is 9.44. The van der Waals surface area contributed by atoms with Gasteiger partial charge in [0.15, 0.2) is 0 Å². The fourth-order valence-corrected chi connectivity index (χ4v) is 5.23. The van der Waals surface area contributed by atoms with E-state index >= 15 is 0 Å². The van der Waals surface area contributed by atoms with Crippen LogP contribution in [0.1, 0.15) is 42.5 Å². The number of carbonyl (C=O) groups excluding carboxylic acids is 1. The minimum absolute atomic E-state index is 0.0480. The van der Waals surface area contributed by atoms with Crippen LogP contribution in [0.3, 0.4) is 0 Å². The maximum Gasteiger partial charge on any atom is 0.223 e. The lowest BCUT2D eigenvalue weighted by atomic mass is 9.87. The maximum absolute atomic E-state index is 13.6. The quantitative estimate of drug-likeness (QED) is 0.792. The van der Waals surface area contributed by atoms with Gasteiger partial charge in [0, 0.05) is 36.5 Å². The summed E-state index contributed by atoms with van der Waals surface area (Å²) >= 11 is 1.81. The van der Waals surface area contributed by atoms with Gasteiger partial charge in [0.25, 0.3) is 0 Å². The lowest BCUT2D eigenvalue weighted by Crippen LogP contribution is -2.45. The van der Waals surface area contributed by atoms with Crippen LogP contribution in [0.4, 0.5) is 4.39 Å². The minimum Gasteiger partial charge on any atom is -0.333 e. The van der Waals surface area contributed by atoms with Crippen molar-refractivity contribution in [2.45, 2.75) is 50.7 Å². The summed E-state index contributed by atoms with van der Waals surface area (Å²) in [7, 11) is 0. The first kappa shape index (κ1) is 17.7. The number of hydrogen-bond acceptors (Lipinski definition) is 3. The Hall–Kier alpha value is -1.72. The molecule has 26 heavy (non-hydrogen) atoms. The highest BCUT2D eigenvalue weighted by molar-refractivity contribution is 7.09. The van der Waals surface area contributed by atoms with Crippen molar-refractivity contribution in [3.05, 3.63) is 58.0 Å². The maximum atomic E-state index is 13.6. The molecule has 138 valence electrons. The molecule has 0 N–H and O–H groups in total. The van der Waals surface area contributed by atoms with Crippen molar-refractivity contribution in [2.24, 2.45) is 0 Å². The van der Waals surface area contributed by atoms with Gasteiger partial charge in [0.2, 0.25) is 5.91 Å². The molecule has 2 aliphatic heterocycles. The van der Waals surface area contributed by atoms with Gasteiger partial charge in [-0.2, -0.15) is 0 Å². The number of halogens is 1. The predicted octanol–water partition coefficient (Wildman–Crippen LogP) is 4.43. The van der Waals surface area contributed by atoms with Crippen LogP contribution < -0.4 is 0 Å². The largest absolute Gasteiger partial charge is 0.333 e. The second kappa shape index (κ2) is 7.49. The molecule has 1 amide bonds. The molecule has 5 heteroatoms. The molecule has 4 rings (SSSR count). The van der Waals surface area contributed by atoms with E-state index in [0.717, 1.165) is 50.9 Å². The Balaban J connectivity index is 1.47. The van der Waals surface area contributed by atoms with Crippen molar-refractivity contribution in [3.63, 3.8) is 0 Å². The average molecular weight is 373 g/mol. The summed E-state index contributed by atoms with van der Waals surface area (Å²) in [6.45, 7) is 3.64. The van der Waals surface area contributed by atoms with Crippen LogP contribution in [-0.4, -0.2) is 34.3 Å². The summed E-state index contributed by atoms with van der Waals surface area (Å²) in [5.41, 5.74) is 0.840.